The van der Waals surface area contributed by atoms with Crippen molar-refractivity contribution < 1.29 is 9.47 Å². The lowest BCUT2D eigenvalue weighted by Gasteiger charge is -2.34. The van der Waals surface area contributed by atoms with Gasteiger partial charge in [0.25, 0.3) is 0 Å². The van der Waals surface area contributed by atoms with Crippen molar-refractivity contribution >= 4 is 0 Å². The van der Waals surface area contributed by atoms with Crippen molar-refractivity contribution in [2.75, 3.05) is 13.2 Å². The SMILES string of the molecule is CC.CC.CCCCC1OCC(C)(C)CO1.CCCc1ccc(C(C)(C)C)cc1. The van der Waals surface area contributed by atoms with E-state index in [9.17, 15) is 0 Å². The molecule has 1 aliphatic rings. The molecule has 0 atom stereocenters. The van der Waals surface area contributed by atoms with Crippen LogP contribution in [0.4, 0.5) is 0 Å². The zero-order valence-electron chi connectivity index (χ0n) is 21.7. The fourth-order valence-corrected chi connectivity index (χ4v) is 2.72. The summed E-state index contributed by atoms with van der Waals surface area (Å²) in [6.07, 6.45) is 5.96. The first-order valence-corrected chi connectivity index (χ1v) is 12.0. The van der Waals surface area contributed by atoms with Gasteiger partial charge in [-0.3, -0.25) is 0 Å². The highest BCUT2D eigenvalue weighted by Crippen LogP contribution is 2.24. The Bertz CT molecular complexity index is 458. The van der Waals surface area contributed by atoms with Crippen LogP contribution >= 0.6 is 0 Å². The van der Waals surface area contributed by atoms with Crippen LogP contribution in [0.5, 0.6) is 0 Å². The first kappa shape index (κ1) is 30.3. The highest BCUT2D eigenvalue weighted by molar-refractivity contribution is 5.27. The van der Waals surface area contributed by atoms with Gasteiger partial charge in [-0.2, -0.15) is 0 Å². The van der Waals surface area contributed by atoms with Crippen LogP contribution in [0.3, 0.4) is 0 Å². The van der Waals surface area contributed by atoms with Crippen LogP contribution in [0, 0.1) is 5.41 Å². The van der Waals surface area contributed by atoms with Gasteiger partial charge in [0.1, 0.15) is 0 Å². The summed E-state index contributed by atoms with van der Waals surface area (Å²) in [4.78, 5) is 0. The summed E-state index contributed by atoms with van der Waals surface area (Å²) < 4.78 is 11.1. The highest BCUT2D eigenvalue weighted by Gasteiger charge is 2.27. The van der Waals surface area contributed by atoms with E-state index in [0.717, 1.165) is 19.6 Å². The summed E-state index contributed by atoms with van der Waals surface area (Å²) in [5.41, 5.74) is 3.37. The molecule has 172 valence electrons. The van der Waals surface area contributed by atoms with Crippen molar-refractivity contribution in [1.82, 2.24) is 0 Å². The first-order chi connectivity index (χ1) is 13.7. The third-order valence-electron chi connectivity index (χ3n) is 4.47. The molecule has 1 aliphatic heterocycles. The Morgan fingerprint density at radius 2 is 1.34 bits per heavy atom. The third-order valence-corrected chi connectivity index (χ3v) is 4.47. The molecule has 0 N–H and O–H groups in total. The average molecular weight is 409 g/mol. The van der Waals surface area contributed by atoms with E-state index in [-0.39, 0.29) is 17.1 Å². The molecule has 2 rings (SSSR count). The number of ether oxygens (including phenoxy) is 2. The summed E-state index contributed by atoms with van der Waals surface area (Å²) in [5, 5.41) is 0. The highest BCUT2D eigenvalue weighted by atomic mass is 16.7. The minimum absolute atomic E-state index is 0.0676. The smallest absolute Gasteiger partial charge is 0.157 e. The number of rotatable bonds is 5. The third kappa shape index (κ3) is 14.7. The molecule has 1 saturated heterocycles. The van der Waals surface area contributed by atoms with E-state index in [4.69, 9.17) is 9.47 Å². The van der Waals surface area contributed by atoms with Crippen molar-refractivity contribution in [3.8, 4) is 0 Å². The Morgan fingerprint density at radius 1 is 0.862 bits per heavy atom. The van der Waals surface area contributed by atoms with Gasteiger partial charge in [0, 0.05) is 5.41 Å². The largest absolute Gasteiger partial charge is 0.352 e. The van der Waals surface area contributed by atoms with E-state index in [2.05, 4.69) is 72.7 Å². The van der Waals surface area contributed by atoms with Gasteiger partial charge in [-0.1, -0.05) is 113 Å². The lowest BCUT2D eigenvalue weighted by atomic mass is 9.86. The first-order valence-electron chi connectivity index (χ1n) is 12.0. The molecule has 0 bridgehead atoms. The predicted molar refractivity (Wildman–Crippen MR) is 131 cm³/mol. The topological polar surface area (TPSA) is 18.5 Å². The summed E-state index contributed by atoms with van der Waals surface area (Å²) in [5.74, 6) is 0. The average Bonchev–Trinajstić information content (AvgIpc) is 2.71. The molecule has 0 aromatic heterocycles. The molecule has 2 nitrogen and oxygen atoms in total. The minimum atomic E-state index is 0.0676. The quantitative estimate of drug-likeness (QED) is 0.485. The van der Waals surface area contributed by atoms with Crippen molar-refractivity contribution in [3.05, 3.63) is 35.4 Å². The molecule has 1 heterocycles. The molecule has 29 heavy (non-hydrogen) atoms. The lowest BCUT2D eigenvalue weighted by molar-refractivity contribution is -0.224. The van der Waals surface area contributed by atoms with Crippen molar-refractivity contribution in [3.63, 3.8) is 0 Å². The number of hydrogen-bond acceptors (Lipinski definition) is 2. The van der Waals surface area contributed by atoms with Crippen LogP contribution in [-0.2, 0) is 21.3 Å². The number of hydrogen-bond donors (Lipinski definition) is 0. The molecule has 0 saturated carbocycles. The van der Waals surface area contributed by atoms with Gasteiger partial charge in [-0.15, -0.1) is 0 Å². The van der Waals surface area contributed by atoms with Gasteiger partial charge < -0.3 is 9.47 Å². The van der Waals surface area contributed by atoms with Gasteiger partial charge in [-0.05, 0) is 35.8 Å². The molecular formula is C27H52O2. The molecule has 0 radical (unpaired) electrons. The van der Waals surface area contributed by atoms with Gasteiger partial charge >= 0.3 is 0 Å². The zero-order valence-corrected chi connectivity index (χ0v) is 21.7. The molecule has 0 unspecified atom stereocenters. The molecule has 1 aromatic rings. The molecular weight excluding hydrogens is 356 g/mol. The van der Waals surface area contributed by atoms with Crippen LogP contribution in [0.1, 0.15) is 113 Å². The Kier molecular flexibility index (Phi) is 17.7. The van der Waals surface area contributed by atoms with Gasteiger partial charge in [0.15, 0.2) is 6.29 Å². The van der Waals surface area contributed by atoms with E-state index in [0.29, 0.717) is 0 Å². The molecule has 1 aromatic carbocycles. The fourth-order valence-electron chi connectivity index (χ4n) is 2.72. The molecule has 2 heteroatoms. The standard InChI is InChI=1S/C13H20.C10H20O2.2C2H6/c1-5-6-11-7-9-12(10-8-11)13(2,3)4;1-4-5-6-9-11-7-10(2,3)8-12-9;2*1-2/h7-10H,5-6H2,1-4H3;9H,4-8H2,1-3H3;2*1-2H3. The summed E-state index contributed by atoms with van der Waals surface area (Å²) in [6, 6.07) is 9.02. The Hall–Kier alpha value is -0.860. The summed E-state index contributed by atoms with van der Waals surface area (Å²) in [6.45, 7) is 25.2. The van der Waals surface area contributed by atoms with Crippen LogP contribution in [0.2, 0.25) is 0 Å². The van der Waals surface area contributed by atoms with E-state index in [1.54, 1.807) is 0 Å². The van der Waals surface area contributed by atoms with Crippen LogP contribution in [-0.4, -0.2) is 19.5 Å². The predicted octanol–water partition coefficient (Wildman–Crippen LogP) is 8.56. The van der Waals surface area contributed by atoms with Crippen molar-refractivity contribution in [1.29, 1.82) is 0 Å². The maximum atomic E-state index is 5.57. The second kappa shape index (κ2) is 16.9. The van der Waals surface area contributed by atoms with Crippen LogP contribution in [0.25, 0.3) is 0 Å². The second-order valence-corrected chi connectivity index (χ2v) is 9.05. The normalized spacial score (nSPS) is 15.7. The molecule has 0 aliphatic carbocycles. The van der Waals surface area contributed by atoms with Crippen LogP contribution in [0.15, 0.2) is 24.3 Å². The monoisotopic (exact) mass is 408 g/mol. The maximum Gasteiger partial charge on any atom is 0.157 e. The number of aryl methyl sites for hydroxylation is 1. The van der Waals surface area contributed by atoms with E-state index < -0.39 is 0 Å². The summed E-state index contributed by atoms with van der Waals surface area (Å²) in [7, 11) is 0. The Morgan fingerprint density at radius 3 is 1.72 bits per heavy atom. The van der Waals surface area contributed by atoms with Crippen LogP contribution < -0.4 is 0 Å². The molecule has 0 spiro atoms. The van der Waals surface area contributed by atoms with Crippen molar-refractivity contribution in [2.24, 2.45) is 5.41 Å². The number of benzene rings is 1. The number of unbranched alkanes of at least 4 members (excludes halogenated alkanes) is 1. The molecule has 1 fully saturated rings. The summed E-state index contributed by atoms with van der Waals surface area (Å²) >= 11 is 0. The van der Waals surface area contributed by atoms with E-state index >= 15 is 0 Å². The Labute approximate surface area is 183 Å². The lowest BCUT2D eigenvalue weighted by Crippen LogP contribution is -2.37. The van der Waals surface area contributed by atoms with Gasteiger partial charge in [-0.25, -0.2) is 0 Å². The maximum absolute atomic E-state index is 5.57. The van der Waals surface area contributed by atoms with Gasteiger partial charge in [0.2, 0.25) is 0 Å². The van der Waals surface area contributed by atoms with Gasteiger partial charge in [0.05, 0.1) is 13.2 Å². The van der Waals surface area contributed by atoms with E-state index in [1.165, 1.54) is 36.8 Å². The zero-order chi connectivity index (χ0) is 22.9. The van der Waals surface area contributed by atoms with E-state index in [1.807, 2.05) is 27.7 Å². The molecule has 0 amide bonds. The fraction of sp³-hybridized carbons (Fsp3) is 0.778. The minimum Gasteiger partial charge on any atom is -0.352 e. The Balaban J connectivity index is 0. The second-order valence-electron chi connectivity index (χ2n) is 9.05. The van der Waals surface area contributed by atoms with Crippen molar-refractivity contribution in [2.45, 2.75) is 120 Å².